The van der Waals surface area contributed by atoms with Crippen LogP contribution in [0.5, 0.6) is 0 Å². The first-order chi connectivity index (χ1) is 14.2. The molecule has 1 aliphatic rings. The van der Waals surface area contributed by atoms with Gasteiger partial charge in [-0.25, -0.2) is 0 Å². The van der Waals surface area contributed by atoms with Crippen LogP contribution in [0, 0.1) is 6.92 Å². The first-order valence-electron chi connectivity index (χ1n) is 10.3. The average molecular weight is 386 g/mol. The molecular weight excluding hydrogens is 358 g/mol. The third-order valence-electron chi connectivity index (χ3n) is 5.60. The number of amides is 1. The summed E-state index contributed by atoms with van der Waals surface area (Å²) in [4.78, 5) is 15.3. The Bertz CT molecular complexity index is 961. The van der Waals surface area contributed by atoms with Crippen LogP contribution in [0.3, 0.4) is 0 Å². The monoisotopic (exact) mass is 385 g/mol. The van der Waals surface area contributed by atoms with Gasteiger partial charge in [-0.3, -0.25) is 4.79 Å². The lowest BCUT2D eigenvalue weighted by molar-refractivity contribution is -0.142. The average Bonchev–Trinajstić information content (AvgIpc) is 3.30. The summed E-state index contributed by atoms with van der Waals surface area (Å²) < 4.78 is 5.73. The predicted molar refractivity (Wildman–Crippen MR) is 116 cm³/mol. The number of carbonyl (C=O) groups is 1. The molecule has 1 atom stereocenters. The maximum atomic E-state index is 13.3. The second-order valence-electron chi connectivity index (χ2n) is 7.65. The van der Waals surface area contributed by atoms with Crippen LogP contribution in [0.15, 0.2) is 78.9 Å². The van der Waals surface area contributed by atoms with Crippen molar-refractivity contribution in [2.24, 2.45) is 0 Å². The van der Waals surface area contributed by atoms with E-state index in [1.807, 2.05) is 29.2 Å². The summed E-state index contributed by atoms with van der Waals surface area (Å²) in [7, 11) is 0. The van der Waals surface area contributed by atoms with Crippen molar-refractivity contribution in [2.45, 2.75) is 39.0 Å². The highest BCUT2D eigenvalue weighted by Gasteiger charge is 2.29. The molecule has 1 saturated heterocycles. The Morgan fingerprint density at radius 1 is 0.897 bits per heavy atom. The summed E-state index contributed by atoms with van der Waals surface area (Å²) in [5, 5.41) is 0. The molecule has 3 heteroatoms. The van der Waals surface area contributed by atoms with Crippen LogP contribution in [-0.4, -0.2) is 23.5 Å². The van der Waals surface area contributed by atoms with Crippen molar-refractivity contribution in [2.75, 3.05) is 6.61 Å². The Hall–Kier alpha value is -2.91. The van der Waals surface area contributed by atoms with Gasteiger partial charge in [0.25, 0.3) is 5.91 Å². The first kappa shape index (κ1) is 19.4. The SMILES string of the molecule is Cc1ccccc1CN(Cc1ccccc1-c1ccccc1)C(=O)[C@@H]1CCCO1. The second kappa shape index (κ2) is 9.06. The molecule has 0 aliphatic carbocycles. The number of hydrogen-bond donors (Lipinski definition) is 0. The van der Waals surface area contributed by atoms with Gasteiger partial charge in [0.1, 0.15) is 6.10 Å². The molecule has 0 unspecified atom stereocenters. The van der Waals surface area contributed by atoms with Gasteiger partial charge in [-0.2, -0.15) is 0 Å². The minimum atomic E-state index is -0.317. The van der Waals surface area contributed by atoms with Gasteiger partial charge in [-0.05, 0) is 47.6 Å². The molecule has 3 aromatic rings. The molecule has 0 saturated carbocycles. The van der Waals surface area contributed by atoms with Crippen molar-refractivity contribution in [3.05, 3.63) is 95.6 Å². The van der Waals surface area contributed by atoms with Gasteiger partial charge in [-0.1, -0.05) is 78.9 Å². The molecule has 1 amide bonds. The van der Waals surface area contributed by atoms with E-state index in [9.17, 15) is 4.79 Å². The van der Waals surface area contributed by atoms with Gasteiger partial charge in [0, 0.05) is 19.7 Å². The van der Waals surface area contributed by atoms with E-state index in [-0.39, 0.29) is 12.0 Å². The van der Waals surface area contributed by atoms with Gasteiger partial charge in [0.05, 0.1) is 0 Å². The minimum Gasteiger partial charge on any atom is -0.368 e. The van der Waals surface area contributed by atoms with Crippen LogP contribution in [0.25, 0.3) is 11.1 Å². The summed E-state index contributed by atoms with van der Waals surface area (Å²) in [6.07, 6.45) is 1.45. The number of rotatable bonds is 6. The largest absolute Gasteiger partial charge is 0.368 e. The Morgan fingerprint density at radius 2 is 1.55 bits per heavy atom. The molecule has 3 nitrogen and oxygen atoms in total. The van der Waals surface area contributed by atoms with E-state index >= 15 is 0 Å². The Kier molecular flexibility index (Phi) is 6.06. The topological polar surface area (TPSA) is 29.5 Å². The van der Waals surface area contributed by atoms with Crippen LogP contribution >= 0.6 is 0 Å². The third-order valence-corrected chi connectivity index (χ3v) is 5.60. The quantitative estimate of drug-likeness (QED) is 0.571. The van der Waals surface area contributed by atoms with Crippen LogP contribution in [0.4, 0.5) is 0 Å². The van der Waals surface area contributed by atoms with Crippen molar-refractivity contribution in [3.63, 3.8) is 0 Å². The van der Waals surface area contributed by atoms with Gasteiger partial charge in [-0.15, -0.1) is 0 Å². The molecule has 3 aromatic carbocycles. The molecule has 1 aliphatic heterocycles. The zero-order valence-corrected chi connectivity index (χ0v) is 16.9. The molecule has 0 N–H and O–H groups in total. The molecular formula is C26H27NO2. The summed E-state index contributed by atoms with van der Waals surface area (Å²) >= 11 is 0. The van der Waals surface area contributed by atoms with E-state index in [0.29, 0.717) is 19.7 Å². The Balaban J connectivity index is 1.65. The Labute approximate surface area is 172 Å². The fraction of sp³-hybridized carbons (Fsp3) is 0.269. The van der Waals surface area contributed by atoms with E-state index in [4.69, 9.17) is 4.74 Å². The van der Waals surface area contributed by atoms with Crippen LogP contribution in [-0.2, 0) is 22.6 Å². The second-order valence-corrected chi connectivity index (χ2v) is 7.65. The lowest BCUT2D eigenvalue weighted by Crippen LogP contribution is -2.38. The van der Waals surface area contributed by atoms with Gasteiger partial charge < -0.3 is 9.64 Å². The number of hydrogen-bond acceptors (Lipinski definition) is 2. The molecule has 0 radical (unpaired) electrons. The van der Waals surface area contributed by atoms with Crippen molar-refractivity contribution in [3.8, 4) is 11.1 Å². The van der Waals surface area contributed by atoms with Crippen LogP contribution < -0.4 is 0 Å². The molecule has 1 heterocycles. The number of carbonyl (C=O) groups excluding carboxylic acids is 1. The van der Waals surface area contributed by atoms with Crippen LogP contribution in [0.2, 0.25) is 0 Å². The zero-order valence-electron chi connectivity index (χ0n) is 16.9. The normalized spacial score (nSPS) is 16.0. The first-order valence-corrected chi connectivity index (χ1v) is 10.3. The van der Waals surface area contributed by atoms with Gasteiger partial charge >= 0.3 is 0 Å². The summed E-state index contributed by atoms with van der Waals surface area (Å²) in [5.74, 6) is 0.0913. The Morgan fingerprint density at radius 3 is 2.28 bits per heavy atom. The minimum absolute atomic E-state index is 0.0913. The van der Waals surface area contributed by atoms with Crippen molar-refractivity contribution in [1.29, 1.82) is 0 Å². The number of benzene rings is 3. The van der Waals surface area contributed by atoms with E-state index < -0.39 is 0 Å². The predicted octanol–water partition coefficient (Wildman–Crippen LogP) is 5.37. The van der Waals surface area contributed by atoms with Crippen LogP contribution in [0.1, 0.15) is 29.5 Å². The highest BCUT2D eigenvalue weighted by atomic mass is 16.5. The standard InChI is InChI=1S/C26H27NO2/c1-20-10-5-6-13-22(20)18-27(26(28)25-16-9-17-29-25)19-23-14-7-8-15-24(23)21-11-3-2-4-12-21/h2-8,10-15,25H,9,16-19H2,1H3/t25-/m0/s1. The molecule has 0 bridgehead atoms. The highest BCUT2D eigenvalue weighted by Crippen LogP contribution is 2.26. The molecule has 1 fully saturated rings. The van der Waals surface area contributed by atoms with Gasteiger partial charge in [0.2, 0.25) is 0 Å². The summed E-state index contributed by atoms with van der Waals surface area (Å²) in [5.41, 5.74) is 5.87. The molecule has 29 heavy (non-hydrogen) atoms. The molecule has 0 spiro atoms. The van der Waals surface area contributed by atoms with E-state index in [1.165, 1.54) is 22.3 Å². The van der Waals surface area contributed by atoms with Gasteiger partial charge in [0.15, 0.2) is 0 Å². The van der Waals surface area contributed by atoms with E-state index in [0.717, 1.165) is 18.4 Å². The maximum absolute atomic E-state index is 13.3. The van der Waals surface area contributed by atoms with E-state index in [2.05, 4.69) is 61.5 Å². The fourth-order valence-corrected chi connectivity index (χ4v) is 3.94. The summed E-state index contributed by atoms with van der Waals surface area (Å²) in [6.45, 7) is 3.93. The summed E-state index contributed by atoms with van der Waals surface area (Å²) in [6, 6.07) is 27.0. The molecule has 0 aromatic heterocycles. The van der Waals surface area contributed by atoms with Crippen molar-refractivity contribution < 1.29 is 9.53 Å². The maximum Gasteiger partial charge on any atom is 0.252 e. The van der Waals surface area contributed by atoms with Crippen molar-refractivity contribution >= 4 is 5.91 Å². The lowest BCUT2D eigenvalue weighted by Gasteiger charge is -2.27. The van der Waals surface area contributed by atoms with E-state index in [1.54, 1.807) is 0 Å². The molecule has 4 rings (SSSR count). The smallest absolute Gasteiger partial charge is 0.252 e. The molecule has 148 valence electrons. The number of aryl methyl sites for hydroxylation is 1. The highest BCUT2D eigenvalue weighted by molar-refractivity contribution is 5.81. The fourth-order valence-electron chi connectivity index (χ4n) is 3.94. The number of ether oxygens (including phenoxy) is 1. The third kappa shape index (κ3) is 4.57. The number of nitrogens with zero attached hydrogens (tertiary/aromatic N) is 1. The van der Waals surface area contributed by atoms with Crippen molar-refractivity contribution in [1.82, 2.24) is 4.90 Å². The zero-order chi connectivity index (χ0) is 20.1. The lowest BCUT2D eigenvalue weighted by atomic mass is 9.99.